The van der Waals surface area contributed by atoms with E-state index >= 15 is 0 Å². The Balaban J connectivity index is 1.72. The van der Waals surface area contributed by atoms with Crippen LogP contribution in [0.3, 0.4) is 0 Å². The third-order valence-corrected chi connectivity index (χ3v) is 10.3. The molecular weight excluding hydrogens is 412 g/mol. The Morgan fingerprint density at radius 1 is 0.515 bits per heavy atom. The highest BCUT2D eigenvalue weighted by Gasteiger charge is 2.47. The summed E-state index contributed by atoms with van der Waals surface area (Å²) in [6, 6.07) is 0. The lowest BCUT2D eigenvalue weighted by Gasteiger charge is -2.50. The van der Waals surface area contributed by atoms with E-state index < -0.39 is 0 Å². The second-order valence-corrected chi connectivity index (χ2v) is 12.3. The minimum atomic E-state index is -0.125. The Hall–Kier alpha value is -0.160. The first-order chi connectivity index (χ1) is 15.5. The second kappa shape index (κ2) is 11.3. The summed E-state index contributed by atoms with van der Waals surface area (Å²) in [5.41, 5.74) is 0. The average Bonchev–Trinajstić information content (AvgIpc) is 2.79. The van der Waals surface area contributed by atoms with Crippen LogP contribution in [-0.2, 0) is 18.9 Å². The summed E-state index contributed by atoms with van der Waals surface area (Å²) in [6.07, 6.45) is 3.82. The maximum absolute atomic E-state index is 6.85. The van der Waals surface area contributed by atoms with Crippen LogP contribution in [0.4, 0.5) is 0 Å². The Labute approximate surface area is 204 Å². The minimum Gasteiger partial charge on any atom is -0.349 e. The van der Waals surface area contributed by atoms with Crippen molar-refractivity contribution in [1.29, 1.82) is 0 Å². The van der Waals surface area contributed by atoms with E-state index in [4.69, 9.17) is 18.9 Å². The molecule has 1 saturated carbocycles. The molecule has 0 bridgehead atoms. The van der Waals surface area contributed by atoms with Crippen molar-refractivity contribution in [3.8, 4) is 0 Å². The first kappa shape index (κ1) is 27.4. The van der Waals surface area contributed by atoms with E-state index in [1.807, 2.05) is 0 Å². The fourth-order valence-electron chi connectivity index (χ4n) is 7.12. The van der Waals surface area contributed by atoms with Crippen molar-refractivity contribution in [2.24, 2.45) is 53.3 Å². The van der Waals surface area contributed by atoms with E-state index in [2.05, 4.69) is 76.2 Å². The third-order valence-electron chi connectivity index (χ3n) is 10.3. The van der Waals surface area contributed by atoms with Gasteiger partial charge in [0.05, 0.1) is 24.4 Å². The average molecular weight is 467 g/mol. The van der Waals surface area contributed by atoms with E-state index in [1.165, 1.54) is 0 Å². The van der Waals surface area contributed by atoms with Crippen molar-refractivity contribution in [1.82, 2.24) is 0 Å². The number of hydrogen-bond acceptors (Lipinski definition) is 4. The summed E-state index contributed by atoms with van der Waals surface area (Å²) >= 11 is 0. The van der Waals surface area contributed by atoms with Gasteiger partial charge >= 0.3 is 0 Å². The molecule has 0 aromatic carbocycles. The van der Waals surface area contributed by atoms with Crippen molar-refractivity contribution in [3.05, 3.63) is 0 Å². The quantitative estimate of drug-likeness (QED) is 0.416. The molecule has 3 rings (SSSR count). The number of ether oxygens (including phenoxy) is 4. The molecule has 3 aliphatic rings. The van der Waals surface area contributed by atoms with Crippen LogP contribution in [0, 0.1) is 53.3 Å². The lowest BCUT2D eigenvalue weighted by atomic mass is 9.72. The molecule has 2 saturated heterocycles. The van der Waals surface area contributed by atoms with Crippen LogP contribution in [0.1, 0.15) is 95.4 Å². The Kier molecular flexibility index (Phi) is 9.37. The molecule has 2 aliphatic heterocycles. The summed E-state index contributed by atoms with van der Waals surface area (Å²) in [6.45, 7) is 25.5. The van der Waals surface area contributed by atoms with Crippen molar-refractivity contribution in [2.75, 3.05) is 0 Å². The topological polar surface area (TPSA) is 36.9 Å². The maximum Gasteiger partial charge on any atom is 0.161 e. The highest BCUT2D eigenvalue weighted by Crippen LogP contribution is 2.44. The number of hydrogen-bond donors (Lipinski definition) is 0. The molecule has 0 spiro atoms. The first-order valence-electron chi connectivity index (χ1n) is 14.1. The lowest BCUT2D eigenvalue weighted by molar-refractivity contribution is -0.308. The molecule has 0 N–H and O–H groups in total. The SMILES string of the molecule is CCC1OC(OC2C(C)CC(C)C(OC3OC(CC)C(C)C(C)C3C)C2C)C(C)C(C)C1C. The third kappa shape index (κ3) is 5.49. The van der Waals surface area contributed by atoms with E-state index in [1.54, 1.807) is 0 Å². The van der Waals surface area contributed by atoms with Gasteiger partial charge in [-0.05, 0) is 54.8 Å². The van der Waals surface area contributed by atoms with E-state index in [9.17, 15) is 0 Å². The van der Waals surface area contributed by atoms with Crippen LogP contribution in [0.25, 0.3) is 0 Å². The fourth-order valence-corrected chi connectivity index (χ4v) is 7.12. The molecule has 4 nitrogen and oxygen atoms in total. The van der Waals surface area contributed by atoms with Crippen LogP contribution in [0.15, 0.2) is 0 Å². The predicted octanol–water partition coefficient (Wildman–Crippen LogP) is 7.16. The van der Waals surface area contributed by atoms with Gasteiger partial charge < -0.3 is 18.9 Å². The van der Waals surface area contributed by atoms with Crippen LogP contribution < -0.4 is 0 Å². The molecule has 14 unspecified atom stereocenters. The van der Waals surface area contributed by atoms with Gasteiger partial charge in [0, 0.05) is 17.8 Å². The molecule has 3 fully saturated rings. The molecule has 0 radical (unpaired) electrons. The van der Waals surface area contributed by atoms with Gasteiger partial charge in [-0.2, -0.15) is 0 Å². The summed E-state index contributed by atoms with van der Waals surface area (Å²) < 4.78 is 26.8. The van der Waals surface area contributed by atoms with Gasteiger partial charge in [0.15, 0.2) is 12.6 Å². The Bertz CT molecular complexity index is 556. The predicted molar refractivity (Wildman–Crippen MR) is 135 cm³/mol. The summed E-state index contributed by atoms with van der Waals surface area (Å²) in [4.78, 5) is 0. The lowest BCUT2D eigenvalue weighted by Crippen LogP contribution is -2.54. The molecule has 0 aromatic rings. The largest absolute Gasteiger partial charge is 0.349 e. The van der Waals surface area contributed by atoms with Crippen LogP contribution in [0.5, 0.6) is 0 Å². The Morgan fingerprint density at radius 2 is 0.879 bits per heavy atom. The normalized spacial score (nSPS) is 53.7. The van der Waals surface area contributed by atoms with Gasteiger partial charge in [-0.3, -0.25) is 0 Å². The molecule has 0 amide bonds. The molecule has 0 aromatic heterocycles. The van der Waals surface area contributed by atoms with Crippen molar-refractivity contribution in [2.45, 2.75) is 132 Å². The van der Waals surface area contributed by atoms with Gasteiger partial charge in [-0.25, -0.2) is 0 Å². The van der Waals surface area contributed by atoms with Crippen molar-refractivity contribution in [3.63, 3.8) is 0 Å². The fraction of sp³-hybridized carbons (Fsp3) is 1.00. The van der Waals surface area contributed by atoms with E-state index in [-0.39, 0.29) is 37.0 Å². The molecule has 4 heteroatoms. The summed E-state index contributed by atoms with van der Waals surface area (Å²) in [7, 11) is 0. The van der Waals surface area contributed by atoms with Crippen molar-refractivity contribution >= 4 is 0 Å². The summed E-state index contributed by atoms with van der Waals surface area (Å²) in [5.74, 6) is 4.43. The Morgan fingerprint density at radius 3 is 1.21 bits per heavy atom. The first-order valence-corrected chi connectivity index (χ1v) is 14.1. The van der Waals surface area contributed by atoms with Crippen LogP contribution in [-0.4, -0.2) is 37.0 Å². The molecular formula is C29H54O4. The number of rotatable bonds is 6. The molecule has 2 heterocycles. The summed E-state index contributed by atoms with van der Waals surface area (Å²) in [5, 5.41) is 0. The highest BCUT2D eigenvalue weighted by molar-refractivity contribution is 4.92. The highest BCUT2D eigenvalue weighted by atomic mass is 16.7. The zero-order valence-electron chi connectivity index (χ0n) is 23.4. The second-order valence-electron chi connectivity index (χ2n) is 12.3. The van der Waals surface area contributed by atoms with Gasteiger partial charge in [-0.15, -0.1) is 0 Å². The minimum absolute atomic E-state index is 0.125. The monoisotopic (exact) mass is 466 g/mol. The zero-order chi connectivity index (χ0) is 24.6. The van der Waals surface area contributed by atoms with Crippen LogP contribution in [0.2, 0.25) is 0 Å². The zero-order valence-corrected chi connectivity index (χ0v) is 23.4. The van der Waals surface area contributed by atoms with E-state index in [0.29, 0.717) is 53.3 Å². The molecule has 14 atom stereocenters. The smallest absolute Gasteiger partial charge is 0.161 e. The molecule has 194 valence electrons. The molecule has 1 aliphatic carbocycles. The standard InChI is InChI=1S/C29H54O4/c1-12-24-19(7)17(5)21(9)28(30-24)32-26-15(3)14-16(4)27(23(26)11)33-29-22(10)18(6)20(8)25(13-2)31-29/h15-29H,12-14H2,1-11H3. The van der Waals surface area contributed by atoms with Gasteiger partial charge in [0.25, 0.3) is 0 Å². The molecule has 33 heavy (non-hydrogen) atoms. The van der Waals surface area contributed by atoms with Gasteiger partial charge in [0.1, 0.15) is 0 Å². The van der Waals surface area contributed by atoms with Gasteiger partial charge in [0.2, 0.25) is 0 Å². The van der Waals surface area contributed by atoms with Crippen LogP contribution >= 0.6 is 0 Å². The van der Waals surface area contributed by atoms with E-state index in [0.717, 1.165) is 19.3 Å². The van der Waals surface area contributed by atoms with Gasteiger partial charge in [-0.1, -0.05) is 76.2 Å². The van der Waals surface area contributed by atoms with Crippen molar-refractivity contribution < 1.29 is 18.9 Å². The maximum atomic E-state index is 6.85.